The molecule has 2 heterocycles. The highest BCUT2D eigenvalue weighted by molar-refractivity contribution is 6.07. The molecule has 0 aliphatic rings. The fraction of sp³-hybridized carbons (Fsp3) is 0.0500. The molecule has 0 atom stereocenters. The molecule has 4 rings (SSSR count). The van der Waals surface area contributed by atoms with Gasteiger partial charge in [0.05, 0.1) is 11.2 Å². The second-order valence-electron chi connectivity index (χ2n) is 5.88. The molecule has 0 unspecified atom stereocenters. The predicted molar refractivity (Wildman–Crippen MR) is 98.0 cm³/mol. The summed E-state index contributed by atoms with van der Waals surface area (Å²) in [4.78, 5) is 17.1. The van der Waals surface area contributed by atoms with Gasteiger partial charge in [0.15, 0.2) is 5.69 Å². The molecule has 26 heavy (non-hydrogen) atoms. The summed E-state index contributed by atoms with van der Waals surface area (Å²) in [7, 11) is 0. The van der Waals surface area contributed by atoms with Crippen molar-refractivity contribution in [3.8, 4) is 5.69 Å². The van der Waals surface area contributed by atoms with Crippen molar-refractivity contribution >= 4 is 22.5 Å². The lowest BCUT2D eigenvalue weighted by Gasteiger charge is -2.07. The van der Waals surface area contributed by atoms with E-state index in [9.17, 15) is 9.18 Å². The highest BCUT2D eigenvalue weighted by Gasteiger charge is 2.14. The Hall–Kier alpha value is -3.54. The molecule has 0 spiro atoms. The lowest BCUT2D eigenvalue weighted by molar-refractivity contribution is 0.102. The van der Waals surface area contributed by atoms with Crippen LogP contribution < -0.4 is 5.32 Å². The topological polar surface area (TPSA) is 59.8 Å². The van der Waals surface area contributed by atoms with Gasteiger partial charge in [0.2, 0.25) is 0 Å². The zero-order valence-corrected chi connectivity index (χ0v) is 14.0. The van der Waals surface area contributed by atoms with Gasteiger partial charge in [-0.3, -0.25) is 9.78 Å². The second-order valence-corrected chi connectivity index (χ2v) is 5.88. The Morgan fingerprint density at radius 3 is 2.73 bits per heavy atom. The molecule has 1 N–H and O–H groups in total. The number of nitrogens with zero attached hydrogens (tertiary/aromatic N) is 3. The van der Waals surface area contributed by atoms with Crippen molar-refractivity contribution in [2.24, 2.45) is 0 Å². The maximum atomic E-state index is 13.9. The number of carbonyl (C=O) groups excluding carboxylic acids is 1. The number of carbonyl (C=O) groups is 1. The molecule has 6 heteroatoms. The fourth-order valence-corrected chi connectivity index (χ4v) is 2.75. The Bertz CT molecular complexity index is 1120. The molecule has 4 aromatic rings. The first kappa shape index (κ1) is 16.0. The Labute approximate surface area is 149 Å². The average molecular weight is 346 g/mol. The Morgan fingerprint density at radius 1 is 1.04 bits per heavy atom. The highest BCUT2D eigenvalue weighted by atomic mass is 19.1. The number of hydrogen-bond acceptors (Lipinski definition) is 3. The minimum absolute atomic E-state index is 0.193. The van der Waals surface area contributed by atoms with Gasteiger partial charge in [-0.2, -0.15) is 5.10 Å². The van der Waals surface area contributed by atoms with Crippen molar-refractivity contribution in [3.63, 3.8) is 0 Å². The molecule has 0 aliphatic heterocycles. The number of benzene rings is 2. The lowest BCUT2D eigenvalue weighted by atomic mass is 10.1. The van der Waals surface area contributed by atoms with Crippen LogP contribution >= 0.6 is 0 Å². The molecule has 0 aliphatic carbocycles. The quantitative estimate of drug-likeness (QED) is 0.607. The molecule has 128 valence electrons. The van der Waals surface area contributed by atoms with Crippen LogP contribution in [0.1, 0.15) is 16.2 Å². The Balaban J connectivity index is 1.64. The number of fused-ring (bicyclic) bond motifs is 1. The third kappa shape index (κ3) is 2.93. The van der Waals surface area contributed by atoms with Crippen molar-refractivity contribution in [1.82, 2.24) is 14.8 Å². The largest absolute Gasteiger partial charge is 0.319 e. The number of aryl methyl sites for hydroxylation is 1. The van der Waals surface area contributed by atoms with Crippen molar-refractivity contribution in [2.45, 2.75) is 6.92 Å². The first-order valence-electron chi connectivity index (χ1n) is 8.10. The summed E-state index contributed by atoms with van der Waals surface area (Å²) in [6, 6.07) is 17.3. The molecule has 0 saturated heterocycles. The van der Waals surface area contributed by atoms with E-state index >= 15 is 0 Å². The van der Waals surface area contributed by atoms with Crippen LogP contribution in [0.4, 0.5) is 10.1 Å². The molecular weight excluding hydrogens is 331 g/mol. The van der Waals surface area contributed by atoms with E-state index in [2.05, 4.69) is 15.4 Å². The van der Waals surface area contributed by atoms with E-state index in [0.717, 1.165) is 16.6 Å². The van der Waals surface area contributed by atoms with Gasteiger partial charge in [-0.25, -0.2) is 9.07 Å². The number of anilines is 1. The Kier molecular flexibility index (Phi) is 3.93. The molecule has 0 bridgehead atoms. The first-order chi connectivity index (χ1) is 12.6. The summed E-state index contributed by atoms with van der Waals surface area (Å²) in [6.45, 7) is 1.90. The van der Waals surface area contributed by atoms with Crippen LogP contribution in [0.2, 0.25) is 0 Å². The van der Waals surface area contributed by atoms with E-state index in [4.69, 9.17) is 0 Å². The van der Waals surface area contributed by atoms with Crippen LogP contribution in [0, 0.1) is 12.7 Å². The van der Waals surface area contributed by atoms with Crippen molar-refractivity contribution in [1.29, 1.82) is 0 Å². The lowest BCUT2D eigenvalue weighted by Crippen LogP contribution is -2.14. The van der Waals surface area contributed by atoms with Gasteiger partial charge in [-0.1, -0.05) is 30.3 Å². The molecular formula is C20H15FN4O. The standard InChI is InChI=1S/C20H15FN4O/c1-13-9-10-14-5-4-7-16(19(14)22-13)23-20(26)17-11-12-25(24-17)18-8-3-2-6-15(18)21/h2-12H,1H3,(H,23,26). The van der Waals surface area contributed by atoms with Gasteiger partial charge >= 0.3 is 0 Å². The van der Waals surface area contributed by atoms with E-state index < -0.39 is 5.82 Å². The number of halogens is 1. The zero-order valence-electron chi connectivity index (χ0n) is 14.0. The minimum atomic E-state index is -0.406. The van der Waals surface area contributed by atoms with Crippen molar-refractivity contribution in [3.05, 3.63) is 84.1 Å². The number of aromatic nitrogens is 3. The van der Waals surface area contributed by atoms with Gasteiger partial charge in [-0.15, -0.1) is 0 Å². The summed E-state index contributed by atoms with van der Waals surface area (Å²) in [5, 5.41) is 7.95. The summed E-state index contributed by atoms with van der Waals surface area (Å²) in [6.07, 6.45) is 1.55. The summed E-state index contributed by atoms with van der Waals surface area (Å²) in [5.74, 6) is -0.785. The second kappa shape index (κ2) is 6.40. The van der Waals surface area contributed by atoms with E-state index in [0.29, 0.717) is 5.69 Å². The number of para-hydroxylation sites is 2. The molecule has 5 nitrogen and oxygen atoms in total. The fourth-order valence-electron chi connectivity index (χ4n) is 2.75. The minimum Gasteiger partial charge on any atom is -0.319 e. The molecule has 0 fully saturated rings. The molecule has 2 aromatic carbocycles. The van der Waals surface area contributed by atoms with Gasteiger partial charge < -0.3 is 5.32 Å². The maximum Gasteiger partial charge on any atom is 0.276 e. The van der Waals surface area contributed by atoms with E-state index in [1.54, 1.807) is 36.5 Å². The van der Waals surface area contributed by atoms with Gasteiger partial charge in [-0.05, 0) is 37.3 Å². The number of pyridine rings is 1. The number of amides is 1. The first-order valence-corrected chi connectivity index (χ1v) is 8.10. The molecule has 0 saturated carbocycles. The van der Waals surface area contributed by atoms with Gasteiger partial charge in [0.1, 0.15) is 11.5 Å². The average Bonchev–Trinajstić information content (AvgIpc) is 3.12. The van der Waals surface area contributed by atoms with Gasteiger partial charge in [0.25, 0.3) is 5.91 Å². The normalized spacial score (nSPS) is 10.8. The van der Waals surface area contributed by atoms with E-state index in [1.807, 2.05) is 31.2 Å². The third-order valence-corrected chi connectivity index (χ3v) is 4.03. The SMILES string of the molecule is Cc1ccc2cccc(NC(=O)c3ccn(-c4ccccc4F)n3)c2n1. The van der Waals surface area contributed by atoms with Crippen molar-refractivity contribution < 1.29 is 9.18 Å². The monoisotopic (exact) mass is 346 g/mol. The van der Waals surface area contributed by atoms with Crippen LogP contribution in [0.25, 0.3) is 16.6 Å². The summed E-state index contributed by atoms with van der Waals surface area (Å²) < 4.78 is 15.2. The van der Waals surface area contributed by atoms with Crippen LogP contribution in [-0.4, -0.2) is 20.7 Å². The smallest absolute Gasteiger partial charge is 0.276 e. The van der Waals surface area contributed by atoms with Crippen molar-refractivity contribution in [2.75, 3.05) is 5.32 Å². The summed E-state index contributed by atoms with van der Waals surface area (Å²) in [5.41, 5.74) is 2.67. The van der Waals surface area contributed by atoms with Gasteiger partial charge in [0, 0.05) is 17.3 Å². The summed E-state index contributed by atoms with van der Waals surface area (Å²) >= 11 is 0. The predicted octanol–water partition coefficient (Wildman–Crippen LogP) is 4.12. The van der Waals surface area contributed by atoms with Crippen LogP contribution in [-0.2, 0) is 0 Å². The van der Waals surface area contributed by atoms with Crippen LogP contribution in [0.3, 0.4) is 0 Å². The van der Waals surface area contributed by atoms with Crippen LogP contribution in [0.15, 0.2) is 66.9 Å². The highest BCUT2D eigenvalue weighted by Crippen LogP contribution is 2.22. The van der Waals surface area contributed by atoms with Crippen LogP contribution in [0.5, 0.6) is 0 Å². The third-order valence-electron chi connectivity index (χ3n) is 4.03. The number of rotatable bonds is 3. The number of hydrogen-bond donors (Lipinski definition) is 1. The Morgan fingerprint density at radius 2 is 1.88 bits per heavy atom. The molecule has 0 radical (unpaired) electrons. The maximum absolute atomic E-state index is 13.9. The zero-order chi connectivity index (χ0) is 18.1. The van der Waals surface area contributed by atoms with E-state index in [-0.39, 0.29) is 17.3 Å². The molecule has 2 aromatic heterocycles. The van der Waals surface area contributed by atoms with E-state index in [1.165, 1.54) is 10.7 Å². The molecule has 1 amide bonds. The number of nitrogens with one attached hydrogen (secondary N) is 1.